The van der Waals surface area contributed by atoms with Crippen molar-refractivity contribution >= 4 is 23.4 Å². The van der Waals surface area contributed by atoms with Crippen LogP contribution >= 0.6 is 0 Å². The Labute approximate surface area is 193 Å². The zero-order valence-corrected chi connectivity index (χ0v) is 19.4. The number of allylic oxidation sites excluding steroid dienone is 1. The number of nitrogens with two attached hydrogens (primary N) is 2. The molecule has 2 aliphatic heterocycles. The number of halogens is 1. The quantitative estimate of drug-likeness (QED) is 0.523. The molecule has 0 saturated carbocycles. The zero-order chi connectivity index (χ0) is 24.3. The molecule has 4 rings (SSSR count). The number of nitrogens with one attached hydrogen (secondary N) is 1. The lowest BCUT2D eigenvalue weighted by Gasteiger charge is -2.46. The van der Waals surface area contributed by atoms with Crippen LogP contribution in [0.1, 0.15) is 48.1 Å². The van der Waals surface area contributed by atoms with Crippen LogP contribution in [0.3, 0.4) is 0 Å². The number of piperidine rings is 1. The van der Waals surface area contributed by atoms with Gasteiger partial charge in [-0.3, -0.25) is 9.69 Å². The van der Waals surface area contributed by atoms with E-state index in [4.69, 9.17) is 16.2 Å². The van der Waals surface area contributed by atoms with E-state index in [-0.39, 0.29) is 17.0 Å². The number of rotatable bonds is 4. The maximum atomic E-state index is 13.7. The van der Waals surface area contributed by atoms with Gasteiger partial charge >= 0.3 is 0 Å². The number of nitrogen functional groups attached to an aromatic ring is 1. The molecule has 0 aliphatic carbocycles. The molecule has 2 saturated heterocycles. The fourth-order valence-electron chi connectivity index (χ4n) is 4.56. The van der Waals surface area contributed by atoms with Crippen molar-refractivity contribution in [2.75, 3.05) is 26.0 Å². The van der Waals surface area contributed by atoms with Gasteiger partial charge in [0.25, 0.3) is 0 Å². The molecule has 2 fully saturated rings. The summed E-state index contributed by atoms with van der Waals surface area (Å²) in [5, 5.41) is 9.96. The summed E-state index contributed by atoms with van der Waals surface area (Å²) in [6.07, 6.45) is 5.01. The molecule has 1 aromatic heterocycles. The number of hydrogen-bond donors (Lipinski definition) is 4. The van der Waals surface area contributed by atoms with Gasteiger partial charge in [0.2, 0.25) is 0 Å². The van der Waals surface area contributed by atoms with Crippen molar-refractivity contribution in [3.8, 4) is 5.75 Å². The monoisotopic (exact) mass is 456 g/mol. The second-order valence-corrected chi connectivity index (χ2v) is 8.72. The van der Waals surface area contributed by atoms with Crippen molar-refractivity contribution in [1.29, 1.82) is 0 Å². The highest BCUT2D eigenvalue weighted by molar-refractivity contribution is 5.86. The van der Waals surface area contributed by atoms with E-state index in [1.54, 1.807) is 12.1 Å². The first-order valence-electron chi connectivity index (χ1n) is 11.0. The minimum atomic E-state index is -0.701. The lowest BCUT2D eigenvalue weighted by Crippen LogP contribution is -2.54. The Morgan fingerprint density at radius 3 is 2.52 bits per heavy atom. The SMILES string of the molecule is C=CC(C)=O.Cc1c(C2CC3COCC(C2)N3C)[nH]c(N)c1/C=C(\N)c1cccc(F)c1O. The third-order valence-electron chi connectivity index (χ3n) is 6.55. The molecule has 8 heteroatoms. The fourth-order valence-corrected chi connectivity index (χ4v) is 4.56. The largest absolute Gasteiger partial charge is 0.504 e. The van der Waals surface area contributed by atoms with E-state index in [1.807, 2.05) is 6.92 Å². The third kappa shape index (κ3) is 5.29. The lowest BCUT2D eigenvalue weighted by molar-refractivity contribution is -0.112. The predicted molar refractivity (Wildman–Crippen MR) is 129 cm³/mol. The summed E-state index contributed by atoms with van der Waals surface area (Å²) in [5.41, 5.74) is 15.9. The van der Waals surface area contributed by atoms with Gasteiger partial charge in [-0.15, -0.1) is 0 Å². The average Bonchev–Trinajstić information content (AvgIpc) is 3.04. The molecule has 33 heavy (non-hydrogen) atoms. The number of aromatic nitrogens is 1. The summed E-state index contributed by atoms with van der Waals surface area (Å²) in [4.78, 5) is 15.5. The van der Waals surface area contributed by atoms with Gasteiger partial charge < -0.3 is 26.3 Å². The van der Waals surface area contributed by atoms with Crippen LogP contribution < -0.4 is 11.5 Å². The third-order valence-corrected chi connectivity index (χ3v) is 6.55. The van der Waals surface area contributed by atoms with Gasteiger partial charge in [-0.05, 0) is 63.6 Å². The Morgan fingerprint density at radius 2 is 1.94 bits per heavy atom. The molecule has 2 atom stereocenters. The Balaban J connectivity index is 0.000000555. The van der Waals surface area contributed by atoms with E-state index in [2.05, 4.69) is 23.5 Å². The average molecular weight is 457 g/mol. The number of nitrogens with zero attached hydrogens (tertiary/aromatic N) is 1. The van der Waals surface area contributed by atoms with Crippen molar-refractivity contribution in [2.45, 2.75) is 44.7 Å². The number of aromatic hydroxyl groups is 1. The minimum Gasteiger partial charge on any atom is -0.504 e. The predicted octanol–water partition coefficient (Wildman–Crippen LogP) is 3.54. The molecule has 0 spiro atoms. The summed E-state index contributed by atoms with van der Waals surface area (Å²) >= 11 is 0. The van der Waals surface area contributed by atoms with E-state index >= 15 is 0 Å². The number of hydrogen-bond acceptors (Lipinski definition) is 6. The number of benzene rings is 1. The maximum absolute atomic E-state index is 13.7. The van der Waals surface area contributed by atoms with Crippen LogP contribution in [0.25, 0.3) is 11.8 Å². The summed E-state index contributed by atoms with van der Waals surface area (Å²) < 4.78 is 19.4. The highest BCUT2D eigenvalue weighted by Gasteiger charge is 2.38. The molecule has 0 radical (unpaired) electrons. The number of H-pyrrole nitrogens is 1. The summed E-state index contributed by atoms with van der Waals surface area (Å²) in [7, 11) is 2.17. The van der Waals surface area contributed by atoms with Crippen molar-refractivity contribution in [3.05, 3.63) is 59.1 Å². The summed E-state index contributed by atoms with van der Waals surface area (Å²) in [6.45, 7) is 8.22. The number of fused-ring (bicyclic) bond motifs is 2. The Morgan fingerprint density at radius 1 is 1.33 bits per heavy atom. The standard InChI is InChI=1S/C21H27FN4O2.C4H6O/c1-11-16(8-18(23)15-4-3-5-17(22)20(15)27)21(24)25-19(11)12-6-13-9-28-10-14(7-12)26(13)2;1-3-4(2)5/h3-5,8,12-14,25,27H,6-7,9-10,23-24H2,1-2H3;3H,1H2,2H3/b18-8-;. The molecule has 2 unspecified atom stereocenters. The number of carbonyl (C=O) groups is 1. The number of aromatic amines is 1. The van der Waals surface area contributed by atoms with Crippen LogP contribution in [0.15, 0.2) is 30.9 Å². The number of carbonyl (C=O) groups excluding carboxylic acids is 1. The molecule has 7 nitrogen and oxygen atoms in total. The zero-order valence-electron chi connectivity index (χ0n) is 19.4. The molecule has 0 amide bonds. The first-order valence-corrected chi connectivity index (χ1v) is 11.0. The van der Waals surface area contributed by atoms with Crippen LogP contribution in [0.4, 0.5) is 10.2 Å². The first-order chi connectivity index (χ1) is 15.6. The van der Waals surface area contributed by atoms with Gasteiger partial charge in [0.15, 0.2) is 17.3 Å². The van der Waals surface area contributed by atoms with Crippen LogP contribution in [0.5, 0.6) is 5.75 Å². The van der Waals surface area contributed by atoms with Crippen LogP contribution in [0, 0.1) is 12.7 Å². The number of ketones is 1. The normalized spacial score (nSPS) is 22.9. The van der Waals surface area contributed by atoms with E-state index in [1.165, 1.54) is 25.1 Å². The van der Waals surface area contributed by atoms with Crippen molar-refractivity contribution < 1.29 is 19.0 Å². The molecule has 3 heterocycles. The molecule has 2 aliphatic rings. The molecular weight excluding hydrogens is 423 g/mol. The number of phenolic OH excluding ortho intramolecular Hbond substituents is 1. The highest BCUT2D eigenvalue weighted by Crippen LogP contribution is 2.40. The number of likely N-dealkylation sites (N-methyl/N-ethyl adjacent to an activating group) is 1. The topological polar surface area (TPSA) is 118 Å². The summed E-state index contributed by atoms with van der Waals surface area (Å²) in [6, 6.07) is 5.12. The van der Waals surface area contributed by atoms with Crippen molar-refractivity contribution in [1.82, 2.24) is 9.88 Å². The molecule has 178 valence electrons. The number of morpholine rings is 1. The first kappa shape index (κ1) is 24.5. The van der Waals surface area contributed by atoms with E-state index in [0.29, 0.717) is 23.8 Å². The van der Waals surface area contributed by atoms with Crippen molar-refractivity contribution in [2.24, 2.45) is 5.73 Å². The number of para-hydroxylation sites is 1. The van der Waals surface area contributed by atoms with Gasteiger partial charge in [0.05, 0.1) is 13.2 Å². The second kappa shape index (κ2) is 10.2. The minimum absolute atomic E-state index is 0.0185. The molecule has 6 N–H and O–H groups in total. The number of anilines is 1. The maximum Gasteiger partial charge on any atom is 0.165 e. The number of phenols is 1. The molecule has 1 aromatic carbocycles. The molecule has 2 aromatic rings. The lowest BCUT2D eigenvalue weighted by atomic mass is 9.82. The Hall–Kier alpha value is -3.10. The number of ether oxygens (including phenoxy) is 1. The van der Waals surface area contributed by atoms with Gasteiger partial charge in [-0.2, -0.15) is 0 Å². The van der Waals surface area contributed by atoms with Gasteiger partial charge in [-0.1, -0.05) is 12.6 Å². The van der Waals surface area contributed by atoms with E-state index in [9.17, 15) is 14.3 Å². The highest BCUT2D eigenvalue weighted by atomic mass is 19.1. The van der Waals surface area contributed by atoms with E-state index in [0.717, 1.165) is 42.9 Å². The summed E-state index contributed by atoms with van der Waals surface area (Å²) in [5.74, 6) is -0.222. The smallest absolute Gasteiger partial charge is 0.165 e. The van der Waals surface area contributed by atoms with Crippen LogP contribution in [-0.2, 0) is 9.53 Å². The van der Waals surface area contributed by atoms with Crippen LogP contribution in [-0.4, -0.2) is 53.1 Å². The van der Waals surface area contributed by atoms with E-state index < -0.39 is 11.6 Å². The molecule has 2 bridgehead atoms. The fraction of sp³-hybridized carbons (Fsp3) is 0.400. The van der Waals surface area contributed by atoms with Gasteiger partial charge in [-0.25, -0.2) is 4.39 Å². The van der Waals surface area contributed by atoms with Gasteiger partial charge in [0, 0.05) is 40.5 Å². The Kier molecular flexibility index (Phi) is 7.61. The Bertz CT molecular complexity index is 1050. The van der Waals surface area contributed by atoms with Crippen molar-refractivity contribution in [3.63, 3.8) is 0 Å². The second-order valence-electron chi connectivity index (χ2n) is 8.72. The van der Waals surface area contributed by atoms with Crippen LogP contribution in [0.2, 0.25) is 0 Å². The van der Waals surface area contributed by atoms with Gasteiger partial charge in [0.1, 0.15) is 5.82 Å². The molecular formula is C25H33FN4O3.